The van der Waals surface area contributed by atoms with Crippen molar-refractivity contribution in [1.82, 2.24) is 30.6 Å². The van der Waals surface area contributed by atoms with Gasteiger partial charge in [0.15, 0.2) is 32.5 Å². The number of nitrogens with one attached hydrogen (secondary N) is 4. The van der Waals surface area contributed by atoms with Gasteiger partial charge >= 0.3 is 29.6 Å². The van der Waals surface area contributed by atoms with Crippen molar-refractivity contribution in [2.45, 2.75) is 20.8 Å². The zero-order valence-corrected chi connectivity index (χ0v) is 49.2. The molecule has 0 aliphatic carbocycles. The zero-order chi connectivity index (χ0) is 55.2. The fourth-order valence-electron chi connectivity index (χ4n) is 6.42. The van der Waals surface area contributed by atoms with Gasteiger partial charge in [-0.15, -0.1) is 32.9 Å². The molecule has 3 aromatic heterocycles. The summed E-state index contributed by atoms with van der Waals surface area (Å²) >= 11 is 10.9. The molecule has 0 saturated heterocycles. The Morgan fingerprint density at radius 2 is 1.05 bits per heavy atom. The molecule has 79 heavy (non-hydrogen) atoms. The number of aromatic nitrogens is 6. The Balaban J connectivity index is 0.000000283. The number of alkyl halides is 1. The van der Waals surface area contributed by atoms with Crippen molar-refractivity contribution in [2.24, 2.45) is 5.73 Å². The van der Waals surface area contributed by atoms with E-state index in [1.54, 1.807) is 47.7 Å². The fourth-order valence-corrected chi connectivity index (χ4v) is 8.32. The summed E-state index contributed by atoms with van der Waals surface area (Å²) in [4.78, 5) is 28.5. The van der Waals surface area contributed by atoms with Crippen LogP contribution < -0.4 is 65.5 Å². The van der Waals surface area contributed by atoms with Gasteiger partial charge in [-0.05, 0) is 80.2 Å². The molecule has 6 N–H and O–H groups in total. The van der Waals surface area contributed by atoms with Crippen LogP contribution in [0.25, 0.3) is 59.6 Å². The van der Waals surface area contributed by atoms with Gasteiger partial charge in [-0.3, -0.25) is 9.71 Å². The molecular weight excluding hydrogens is 1130 g/mol. The molecule has 9 aromatic rings. The van der Waals surface area contributed by atoms with E-state index in [0.717, 1.165) is 72.7 Å². The first kappa shape index (κ1) is 65.1. The van der Waals surface area contributed by atoms with Crippen LogP contribution in [0.1, 0.15) is 31.1 Å². The fraction of sp³-hybridized carbons (Fsp3) is 0.130. The van der Waals surface area contributed by atoms with E-state index in [1.807, 2.05) is 141 Å². The number of benzene rings is 6. The molecule has 19 nitrogen and oxygen atoms in total. The number of nitrogens with zero attached hydrogens (tertiary/aromatic N) is 10. The van der Waals surface area contributed by atoms with E-state index >= 15 is 0 Å². The van der Waals surface area contributed by atoms with Crippen molar-refractivity contribution in [3.8, 4) is 51.2 Å². The molecule has 0 bridgehead atoms. The summed E-state index contributed by atoms with van der Waals surface area (Å²) in [5.74, 6) is 3.00. The number of para-hydroxylation sites is 6. The molecule has 9 rings (SSSR count). The molecule has 25 heteroatoms. The van der Waals surface area contributed by atoms with Crippen molar-refractivity contribution in [2.75, 3.05) is 41.1 Å². The molecule has 393 valence electrons. The molecular formula is C54H49BBrN15NaO4S3. The number of tetrazole rings is 1. The number of ketones is 1. The van der Waals surface area contributed by atoms with E-state index in [2.05, 4.69) is 72.2 Å². The molecule has 0 aliphatic heterocycles. The number of H-pyrrole nitrogens is 1. The first-order valence-electron chi connectivity index (χ1n) is 23.1. The summed E-state index contributed by atoms with van der Waals surface area (Å²) in [6.07, 6.45) is 0. The van der Waals surface area contributed by atoms with E-state index in [0.29, 0.717) is 47.9 Å². The van der Waals surface area contributed by atoms with Gasteiger partial charge in [-0.1, -0.05) is 125 Å². The molecule has 0 unspecified atom stereocenters. The van der Waals surface area contributed by atoms with Crippen LogP contribution >= 0.6 is 50.8 Å². The molecule has 0 atom stereocenters. The number of rotatable bonds is 16. The second-order valence-corrected chi connectivity index (χ2v) is 17.6. The summed E-state index contributed by atoms with van der Waals surface area (Å²) in [7, 11) is 0. The van der Waals surface area contributed by atoms with Crippen molar-refractivity contribution in [3.05, 3.63) is 201 Å². The van der Waals surface area contributed by atoms with Crippen LogP contribution in [-0.2, 0) is 0 Å². The monoisotopic (exact) mass is 1180 g/mol. The van der Waals surface area contributed by atoms with Crippen LogP contribution in [0.3, 0.4) is 0 Å². The van der Waals surface area contributed by atoms with Gasteiger partial charge in [0.1, 0.15) is 17.2 Å². The first-order chi connectivity index (χ1) is 37.6. The number of halogens is 1. The summed E-state index contributed by atoms with van der Waals surface area (Å²) < 4.78 is 16.6. The van der Waals surface area contributed by atoms with Gasteiger partial charge in [0, 0.05) is 35.9 Å². The maximum Gasteiger partial charge on any atom is 1.00 e. The normalized spacial score (nSPS) is 9.44. The summed E-state index contributed by atoms with van der Waals surface area (Å²) in [5, 5.41) is 29.7. The molecule has 6 aromatic carbocycles. The minimum atomic E-state index is 0. The molecule has 0 fully saturated rings. The minimum Gasteiger partial charge on any atom is -0.492 e. The summed E-state index contributed by atoms with van der Waals surface area (Å²) in [6, 6.07) is 45.1. The van der Waals surface area contributed by atoms with Crippen LogP contribution in [0.15, 0.2) is 156 Å². The van der Waals surface area contributed by atoms with Gasteiger partial charge in [0.2, 0.25) is 5.82 Å². The Labute approximate surface area is 503 Å². The van der Waals surface area contributed by atoms with Crippen molar-refractivity contribution < 1.29 is 48.6 Å². The summed E-state index contributed by atoms with van der Waals surface area (Å²) in [6.45, 7) is 21.4. The number of nitrogens with two attached hydrogens (primary N) is 1. The number of aromatic amines is 1. The topological polar surface area (TPSA) is 255 Å². The zero-order valence-electron chi connectivity index (χ0n) is 43.2. The number of hydrogen-bond donors (Lipinski definition) is 5. The quantitative estimate of drug-likeness (QED) is 0.00882. The Bertz CT molecular complexity index is 3390. The SMILES string of the molecule is CCOc1ccccc1NC(N)=S.CCOc1ccccc1Nc1nc(-c2ccc(-c3nn[nH]n3)cc2)cs1.[B].[C-]#[N+]c1ccc(-c2csc(Nc3ccccc3OCC)n2)cc1.[C-]#[N+]c1ccc(C(=O)CBr)cc1.[N-]=[N+]=[N-].[Na+]. The van der Waals surface area contributed by atoms with Crippen LogP contribution in [0, 0.1) is 13.1 Å². The number of thiocarbonyl (C=S) groups is 1. The molecule has 0 amide bonds. The number of carbonyl (C=O) groups is 1. The largest absolute Gasteiger partial charge is 1.00 e. The third kappa shape index (κ3) is 21.3. The molecule has 3 heterocycles. The van der Waals surface area contributed by atoms with Crippen LogP contribution in [0.4, 0.5) is 38.7 Å². The van der Waals surface area contributed by atoms with Crippen molar-refractivity contribution in [3.63, 3.8) is 0 Å². The number of Topliss-reactive ketones (excluding diaryl/α,β-unsaturated/α-hetero) is 1. The molecule has 0 aliphatic rings. The second-order valence-electron chi connectivity index (χ2n) is 14.9. The first-order valence-corrected chi connectivity index (χ1v) is 26.4. The van der Waals surface area contributed by atoms with Gasteiger partial charge in [-0.2, -0.15) is 5.21 Å². The Morgan fingerprint density at radius 3 is 1.44 bits per heavy atom. The predicted octanol–water partition coefficient (Wildman–Crippen LogP) is 11.7. The van der Waals surface area contributed by atoms with Gasteiger partial charge in [0.25, 0.3) is 0 Å². The average Bonchev–Trinajstić information content (AvgIpc) is 4.29. The Kier molecular flexibility index (Phi) is 29.7. The number of anilines is 5. The molecule has 0 spiro atoms. The number of ether oxygens (including phenoxy) is 3. The predicted molar refractivity (Wildman–Crippen MR) is 321 cm³/mol. The van der Waals surface area contributed by atoms with Gasteiger partial charge in [0.05, 0.1) is 66.7 Å². The van der Waals surface area contributed by atoms with Crippen molar-refractivity contribution >= 4 is 109 Å². The summed E-state index contributed by atoms with van der Waals surface area (Å²) in [5.41, 5.74) is 28.0. The van der Waals surface area contributed by atoms with E-state index in [1.165, 1.54) is 16.2 Å². The van der Waals surface area contributed by atoms with Crippen molar-refractivity contribution in [1.29, 1.82) is 0 Å². The van der Waals surface area contributed by atoms with Gasteiger partial charge in [-0.25, -0.2) is 19.7 Å². The Hall–Kier alpha value is -8.16. The molecule has 3 radical (unpaired) electrons. The smallest absolute Gasteiger partial charge is 0.492 e. The standard InChI is InChI=1S/C18H16N6OS.C18H15N3OS.C9H6BrNO.C9H12N2OS.B.N3.Na/c1-2-25-16-6-4-3-5-14(16)19-18-20-15(11-26-18)12-7-9-13(10-8-12)17-21-23-24-22-17;1-3-22-17-7-5-4-6-15(17)20-18-21-16(12-23-18)13-8-10-14(19-2)11-9-13;1-11-8-4-2-7(3-5-8)9(12)6-10;1-2-12-8-6-4-3-5-7(8)11-9(10)13;;1-3-2;/h3-11H,2H2,1H3,(H,19,20)(H,21,22,23,24);4-12H,3H2,1H3,(H,20,21);2-5H,6H2;3-6H,2H2,1H3,(H3,10,11,13);;;/q;;;;;-1;+1. The Morgan fingerprint density at radius 1 is 0.658 bits per heavy atom. The van der Waals surface area contributed by atoms with E-state index < -0.39 is 0 Å². The van der Waals surface area contributed by atoms with E-state index in [4.69, 9.17) is 56.4 Å². The average molecular weight is 1180 g/mol. The van der Waals surface area contributed by atoms with Crippen LogP contribution in [-0.4, -0.2) is 75.1 Å². The van der Waals surface area contributed by atoms with Crippen LogP contribution in [0.2, 0.25) is 0 Å². The van der Waals surface area contributed by atoms with Gasteiger partial charge < -0.3 is 47.0 Å². The van der Waals surface area contributed by atoms with Crippen LogP contribution in [0.5, 0.6) is 17.2 Å². The molecule has 0 saturated carbocycles. The number of carbonyl (C=O) groups excluding carboxylic acids is 1. The maximum absolute atomic E-state index is 11.1. The van der Waals surface area contributed by atoms with E-state index in [9.17, 15) is 4.79 Å². The third-order valence-electron chi connectivity index (χ3n) is 9.83. The van der Waals surface area contributed by atoms with E-state index in [-0.39, 0.29) is 48.9 Å². The number of thiazole rings is 2. The minimum absolute atomic E-state index is 0. The second kappa shape index (κ2) is 36.0. The number of hydrogen-bond acceptors (Lipinski definition) is 14. The third-order valence-corrected chi connectivity index (χ3v) is 12.0. The maximum atomic E-state index is 11.1.